The highest BCUT2D eigenvalue weighted by Gasteiger charge is 2.26. The van der Waals surface area contributed by atoms with Crippen LogP contribution in [0.4, 0.5) is 0 Å². The van der Waals surface area contributed by atoms with Crippen molar-refractivity contribution in [3.8, 4) is 0 Å². The minimum atomic E-state index is 0.0643. The molecule has 0 spiro atoms. The third kappa shape index (κ3) is 5.09. The Morgan fingerprint density at radius 3 is 2.70 bits per heavy atom. The topological polar surface area (TPSA) is 81.3 Å². The molecule has 0 aromatic carbocycles. The van der Waals surface area contributed by atoms with Crippen LogP contribution in [-0.4, -0.2) is 70.6 Å². The number of aryl methyl sites for hydroxylation is 1. The number of rotatable bonds is 7. The van der Waals surface area contributed by atoms with Crippen LogP contribution in [0.25, 0.3) is 0 Å². The Morgan fingerprint density at radius 2 is 2.04 bits per heavy atom. The summed E-state index contributed by atoms with van der Waals surface area (Å²) in [4.78, 5) is 29.1. The number of nitrogens with zero attached hydrogens (tertiary/aromatic N) is 3. The van der Waals surface area contributed by atoms with Gasteiger partial charge in [-0.3, -0.25) is 19.6 Å². The number of aromatic nitrogens is 2. The summed E-state index contributed by atoms with van der Waals surface area (Å²) in [5.41, 5.74) is 1.49. The zero-order valence-electron chi connectivity index (χ0n) is 16.7. The minimum absolute atomic E-state index is 0.0643. The maximum absolute atomic E-state index is 12.5. The lowest BCUT2D eigenvalue weighted by atomic mass is 9.91. The van der Waals surface area contributed by atoms with E-state index in [0.29, 0.717) is 23.9 Å². The molecule has 2 aliphatic heterocycles. The molecule has 27 heavy (non-hydrogen) atoms. The van der Waals surface area contributed by atoms with Gasteiger partial charge in [0.05, 0.1) is 11.8 Å². The molecule has 0 radical (unpaired) electrons. The first-order valence-electron chi connectivity index (χ1n) is 10.4. The lowest BCUT2D eigenvalue weighted by molar-refractivity contribution is -0.121. The SMILES string of the molecule is CCN1CCC[C@@H]1CNC(=O)CCC1CCN(C(=O)c2cn[nH]c2C)CC1. The average Bonchev–Trinajstić information content (AvgIpc) is 3.32. The van der Waals surface area contributed by atoms with Gasteiger partial charge in [0.1, 0.15) is 0 Å². The monoisotopic (exact) mass is 375 g/mol. The third-order valence-electron chi connectivity index (χ3n) is 6.18. The largest absolute Gasteiger partial charge is 0.355 e. The molecular formula is C20H33N5O2. The second kappa shape index (κ2) is 9.35. The van der Waals surface area contributed by atoms with Gasteiger partial charge in [-0.2, -0.15) is 5.10 Å². The van der Waals surface area contributed by atoms with E-state index in [1.54, 1.807) is 6.20 Å². The van der Waals surface area contributed by atoms with E-state index in [4.69, 9.17) is 0 Å². The zero-order valence-corrected chi connectivity index (χ0v) is 16.7. The molecule has 2 saturated heterocycles. The van der Waals surface area contributed by atoms with Crippen LogP contribution >= 0.6 is 0 Å². The predicted octanol–water partition coefficient (Wildman–Crippen LogP) is 1.95. The number of hydrogen-bond acceptors (Lipinski definition) is 4. The summed E-state index contributed by atoms with van der Waals surface area (Å²) >= 11 is 0. The summed E-state index contributed by atoms with van der Waals surface area (Å²) in [6.45, 7) is 8.60. The van der Waals surface area contributed by atoms with E-state index in [0.717, 1.165) is 57.7 Å². The van der Waals surface area contributed by atoms with Crippen molar-refractivity contribution in [1.29, 1.82) is 0 Å². The highest BCUT2D eigenvalue weighted by atomic mass is 16.2. The first-order chi connectivity index (χ1) is 13.1. The fraction of sp³-hybridized carbons (Fsp3) is 0.750. The second-order valence-electron chi connectivity index (χ2n) is 7.91. The summed E-state index contributed by atoms with van der Waals surface area (Å²) in [7, 11) is 0. The van der Waals surface area contributed by atoms with Crippen LogP contribution in [0, 0.1) is 12.8 Å². The molecule has 2 N–H and O–H groups in total. The van der Waals surface area contributed by atoms with Crippen LogP contribution in [0.15, 0.2) is 6.20 Å². The molecule has 1 aromatic heterocycles. The number of aromatic amines is 1. The lowest BCUT2D eigenvalue weighted by Gasteiger charge is -2.32. The number of likely N-dealkylation sites (tertiary alicyclic amines) is 2. The molecule has 2 aliphatic rings. The van der Waals surface area contributed by atoms with Crippen molar-refractivity contribution in [3.05, 3.63) is 17.5 Å². The number of hydrogen-bond donors (Lipinski definition) is 2. The first kappa shape index (κ1) is 19.9. The van der Waals surface area contributed by atoms with Gasteiger partial charge in [0, 0.05) is 37.8 Å². The molecule has 0 aliphatic carbocycles. The Balaban J connectivity index is 1.34. The molecule has 0 saturated carbocycles. The van der Waals surface area contributed by atoms with Crippen molar-refractivity contribution in [2.45, 2.75) is 58.4 Å². The van der Waals surface area contributed by atoms with E-state index in [1.165, 1.54) is 12.8 Å². The van der Waals surface area contributed by atoms with Crippen LogP contribution < -0.4 is 5.32 Å². The Hall–Kier alpha value is -1.89. The van der Waals surface area contributed by atoms with Crippen molar-refractivity contribution < 1.29 is 9.59 Å². The summed E-state index contributed by atoms with van der Waals surface area (Å²) in [5.74, 6) is 0.767. The van der Waals surface area contributed by atoms with Crippen molar-refractivity contribution >= 4 is 11.8 Å². The molecule has 150 valence electrons. The summed E-state index contributed by atoms with van der Waals surface area (Å²) in [6.07, 6.45) is 7.50. The molecule has 3 rings (SSSR count). The molecule has 2 fully saturated rings. The van der Waals surface area contributed by atoms with Gasteiger partial charge in [-0.15, -0.1) is 0 Å². The highest BCUT2D eigenvalue weighted by molar-refractivity contribution is 5.95. The zero-order chi connectivity index (χ0) is 19.2. The average molecular weight is 376 g/mol. The van der Waals surface area contributed by atoms with E-state index in [-0.39, 0.29) is 11.8 Å². The molecule has 1 aromatic rings. The number of carbonyl (C=O) groups is 2. The van der Waals surface area contributed by atoms with Gasteiger partial charge in [0.15, 0.2) is 0 Å². The quantitative estimate of drug-likeness (QED) is 0.763. The van der Waals surface area contributed by atoms with E-state index in [1.807, 2.05) is 11.8 Å². The van der Waals surface area contributed by atoms with Gasteiger partial charge in [-0.1, -0.05) is 6.92 Å². The number of nitrogens with one attached hydrogen (secondary N) is 2. The van der Waals surface area contributed by atoms with Crippen molar-refractivity contribution in [2.24, 2.45) is 5.92 Å². The van der Waals surface area contributed by atoms with Crippen LogP contribution in [0.3, 0.4) is 0 Å². The van der Waals surface area contributed by atoms with Gasteiger partial charge in [0.2, 0.25) is 5.91 Å². The van der Waals surface area contributed by atoms with Crippen molar-refractivity contribution in [2.75, 3.05) is 32.7 Å². The molecule has 7 heteroatoms. The maximum Gasteiger partial charge on any atom is 0.257 e. The molecule has 1 atom stereocenters. The molecule has 0 unspecified atom stereocenters. The molecule has 7 nitrogen and oxygen atoms in total. The highest BCUT2D eigenvalue weighted by Crippen LogP contribution is 2.23. The Kier molecular flexibility index (Phi) is 6.88. The fourth-order valence-electron chi connectivity index (χ4n) is 4.36. The van der Waals surface area contributed by atoms with Crippen LogP contribution in [0.2, 0.25) is 0 Å². The van der Waals surface area contributed by atoms with Gasteiger partial charge in [-0.05, 0) is 58.0 Å². The molecular weight excluding hydrogens is 342 g/mol. The Morgan fingerprint density at radius 1 is 1.26 bits per heavy atom. The third-order valence-corrected chi connectivity index (χ3v) is 6.18. The van der Waals surface area contributed by atoms with Crippen LogP contribution in [-0.2, 0) is 4.79 Å². The minimum Gasteiger partial charge on any atom is -0.355 e. The van der Waals surface area contributed by atoms with Gasteiger partial charge < -0.3 is 10.2 Å². The number of likely N-dealkylation sites (N-methyl/N-ethyl adjacent to an activating group) is 1. The van der Waals surface area contributed by atoms with Crippen LogP contribution in [0.1, 0.15) is 61.5 Å². The smallest absolute Gasteiger partial charge is 0.257 e. The number of piperidine rings is 1. The van der Waals surface area contributed by atoms with E-state index in [9.17, 15) is 9.59 Å². The summed E-state index contributed by atoms with van der Waals surface area (Å²) in [6, 6.07) is 0.513. The van der Waals surface area contributed by atoms with Gasteiger partial charge in [0.25, 0.3) is 5.91 Å². The number of amides is 2. The fourth-order valence-corrected chi connectivity index (χ4v) is 4.36. The van der Waals surface area contributed by atoms with Gasteiger partial charge in [-0.25, -0.2) is 0 Å². The normalized spacial score (nSPS) is 21.6. The Labute approximate surface area is 161 Å². The molecule has 3 heterocycles. The Bertz CT molecular complexity index is 636. The lowest BCUT2D eigenvalue weighted by Crippen LogP contribution is -2.40. The number of carbonyl (C=O) groups excluding carboxylic acids is 2. The molecule has 2 amide bonds. The van der Waals surface area contributed by atoms with Crippen molar-refractivity contribution in [3.63, 3.8) is 0 Å². The van der Waals surface area contributed by atoms with Crippen LogP contribution in [0.5, 0.6) is 0 Å². The number of H-pyrrole nitrogens is 1. The van der Waals surface area contributed by atoms with Crippen molar-refractivity contribution in [1.82, 2.24) is 25.3 Å². The summed E-state index contributed by atoms with van der Waals surface area (Å²) < 4.78 is 0. The van der Waals surface area contributed by atoms with Gasteiger partial charge >= 0.3 is 0 Å². The second-order valence-corrected chi connectivity index (χ2v) is 7.91. The first-order valence-corrected chi connectivity index (χ1v) is 10.4. The van der Waals surface area contributed by atoms with E-state index >= 15 is 0 Å². The predicted molar refractivity (Wildman–Crippen MR) is 104 cm³/mol. The van der Waals surface area contributed by atoms with E-state index < -0.39 is 0 Å². The summed E-state index contributed by atoms with van der Waals surface area (Å²) in [5, 5.41) is 9.89. The van der Waals surface area contributed by atoms with E-state index in [2.05, 4.69) is 27.3 Å². The molecule has 0 bridgehead atoms. The standard InChI is InChI=1S/C20H33N5O2/c1-3-24-10-4-5-17(24)13-21-19(26)7-6-16-8-11-25(12-9-16)20(27)18-14-22-23-15(18)2/h14,16-17H,3-13H2,1-2H3,(H,21,26)(H,22,23)/t17-/m1/s1. The maximum atomic E-state index is 12.5.